The third kappa shape index (κ3) is 15.5. The average Bonchev–Trinajstić information content (AvgIpc) is 2.84. The van der Waals surface area contributed by atoms with Gasteiger partial charge < -0.3 is 9.64 Å². The number of carbonyl (C=O) groups excluding carboxylic acids is 1. The van der Waals surface area contributed by atoms with Crippen molar-refractivity contribution in [2.75, 3.05) is 20.7 Å². The third-order valence-corrected chi connectivity index (χ3v) is 7.06. The summed E-state index contributed by atoms with van der Waals surface area (Å²) in [6.07, 6.45) is 17.4. The number of rotatable bonds is 22. The van der Waals surface area contributed by atoms with Gasteiger partial charge in [0.1, 0.15) is 5.75 Å². The molecule has 0 amide bonds. The molecule has 1 aromatic rings. The lowest BCUT2D eigenvalue weighted by Gasteiger charge is -2.21. The maximum absolute atomic E-state index is 12.7. The minimum absolute atomic E-state index is 0.310. The number of quaternary nitrogens is 1. The summed E-state index contributed by atoms with van der Waals surface area (Å²) < 4.78 is 43.6. The maximum atomic E-state index is 12.7. The summed E-state index contributed by atoms with van der Waals surface area (Å²) in [6, 6.07) is 5.83. The summed E-state index contributed by atoms with van der Waals surface area (Å²) in [5.41, 5.74) is -0.382. The number of halogens is 3. The summed E-state index contributed by atoms with van der Waals surface area (Å²) >= 11 is 0. The van der Waals surface area contributed by atoms with Gasteiger partial charge in [0.15, 0.2) is 0 Å². The highest BCUT2D eigenvalue weighted by molar-refractivity contribution is 6.00. The number of alkyl halides is 3. The second kappa shape index (κ2) is 19.5. The monoisotopic (exact) mass is 514 g/mol. The van der Waals surface area contributed by atoms with Crippen LogP contribution in [0.1, 0.15) is 126 Å². The van der Waals surface area contributed by atoms with Gasteiger partial charge in [0.25, 0.3) is 5.78 Å². The van der Waals surface area contributed by atoms with Gasteiger partial charge in [0.2, 0.25) is 0 Å². The van der Waals surface area contributed by atoms with Gasteiger partial charge in [0, 0.05) is 12.0 Å². The largest absolute Gasteiger partial charge is 0.493 e. The van der Waals surface area contributed by atoms with Crippen molar-refractivity contribution in [3.8, 4) is 5.75 Å². The molecular weight excluding hydrogens is 463 g/mol. The first-order valence-electron chi connectivity index (χ1n) is 14.4. The van der Waals surface area contributed by atoms with Crippen LogP contribution in [0, 0.1) is 0 Å². The van der Waals surface area contributed by atoms with Crippen molar-refractivity contribution in [1.82, 2.24) is 0 Å². The Bertz CT molecular complexity index is 691. The van der Waals surface area contributed by atoms with Crippen molar-refractivity contribution in [3.63, 3.8) is 0 Å². The number of Topliss-reactive ketones (excluding diaryl/α,β-unsaturated/α-hetero) is 1. The molecule has 0 heterocycles. The van der Waals surface area contributed by atoms with Crippen molar-refractivity contribution < 1.29 is 27.6 Å². The maximum Gasteiger partial charge on any atom is 0.454 e. The minimum atomic E-state index is -4.87. The van der Waals surface area contributed by atoms with Crippen molar-refractivity contribution in [3.05, 3.63) is 29.8 Å². The van der Waals surface area contributed by atoms with Crippen LogP contribution in [0.2, 0.25) is 0 Å². The minimum Gasteiger partial charge on any atom is -0.493 e. The summed E-state index contributed by atoms with van der Waals surface area (Å²) in [4.78, 5) is 12.8. The van der Waals surface area contributed by atoms with Crippen LogP contribution in [0.25, 0.3) is 0 Å². The van der Waals surface area contributed by atoms with E-state index >= 15 is 0 Å². The Labute approximate surface area is 218 Å². The van der Waals surface area contributed by atoms with Crippen LogP contribution in [-0.4, -0.2) is 38.7 Å². The topological polar surface area (TPSA) is 30.7 Å². The van der Waals surface area contributed by atoms with E-state index < -0.39 is 12.0 Å². The fourth-order valence-corrected chi connectivity index (χ4v) is 4.69. The second-order valence-corrected chi connectivity index (χ2v) is 10.5. The lowest BCUT2D eigenvalue weighted by atomic mass is 10.0. The number of ether oxygens (including phenoxy) is 1. The van der Waals surface area contributed by atoms with Gasteiger partial charge in [-0.05, 0) is 25.0 Å². The Morgan fingerprint density at radius 3 is 1.78 bits per heavy atom. The molecule has 0 aromatic heterocycles. The Hall–Kier alpha value is -1.56. The highest BCUT2D eigenvalue weighted by Gasteiger charge is 2.39. The first-order valence-corrected chi connectivity index (χ1v) is 14.4. The number of unbranched alkanes of at least 4 members (excludes halogenated alkanes) is 14. The van der Waals surface area contributed by atoms with Crippen molar-refractivity contribution in [2.45, 2.75) is 128 Å². The van der Waals surface area contributed by atoms with E-state index in [0.29, 0.717) is 18.4 Å². The van der Waals surface area contributed by atoms with Crippen LogP contribution < -0.4 is 9.64 Å². The van der Waals surface area contributed by atoms with Crippen molar-refractivity contribution in [1.29, 1.82) is 0 Å². The van der Waals surface area contributed by atoms with Crippen LogP contribution in [0.15, 0.2) is 24.3 Å². The number of carbonyl (C=O) groups is 1. The molecule has 6 heteroatoms. The Balaban J connectivity index is 2.10. The molecular formula is C30H51F3NO2+. The fraction of sp³-hybridized carbons (Fsp3) is 0.767. The molecule has 0 radical (unpaired) electrons. The quantitative estimate of drug-likeness (QED) is 0.126. The standard InChI is InChI=1S/C30H50F3NO2/c1-4-5-6-7-8-9-10-11-12-13-14-15-16-17-18-21-27(34(2)3)23-24-36-28-22-19-20-26(25-28)29(35)30(31,32)33/h19-20,22,25,27H,4-18,21,23-24H2,1-3H3/p+1. The number of benzene rings is 1. The van der Waals surface area contributed by atoms with Gasteiger partial charge in [-0.2, -0.15) is 13.2 Å². The van der Waals surface area contributed by atoms with Gasteiger partial charge in [-0.3, -0.25) is 4.79 Å². The molecule has 1 rings (SSSR count). The summed E-state index contributed by atoms with van der Waals surface area (Å²) in [5, 5.41) is 0. The van der Waals surface area contributed by atoms with Crippen LogP contribution in [0.5, 0.6) is 5.75 Å². The summed E-state index contributed by atoms with van der Waals surface area (Å²) in [6.45, 7) is 2.70. The Morgan fingerprint density at radius 1 is 0.806 bits per heavy atom. The molecule has 3 nitrogen and oxygen atoms in total. The third-order valence-electron chi connectivity index (χ3n) is 7.06. The fourth-order valence-electron chi connectivity index (χ4n) is 4.69. The van der Waals surface area contributed by atoms with Crippen LogP contribution in [0.4, 0.5) is 13.2 Å². The van der Waals surface area contributed by atoms with E-state index in [2.05, 4.69) is 21.0 Å². The van der Waals surface area contributed by atoms with Gasteiger partial charge in [-0.25, -0.2) is 0 Å². The Morgan fingerprint density at radius 2 is 1.31 bits per heavy atom. The predicted octanol–water partition coefficient (Wildman–Crippen LogP) is 7.98. The summed E-state index contributed by atoms with van der Waals surface area (Å²) in [5.74, 6) is -1.53. The molecule has 0 spiro atoms. The molecule has 0 fully saturated rings. The highest BCUT2D eigenvalue weighted by Crippen LogP contribution is 2.24. The van der Waals surface area contributed by atoms with Crippen LogP contribution in [-0.2, 0) is 0 Å². The number of nitrogens with one attached hydrogen (secondary N) is 1. The average molecular weight is 515 g/mol. The molecule has 0 aliphatic carbocycles. The van der Waals surface area contributed by atoms with Crippen molar-refractivity contribution >= 4 is 5.78 Å². The molecule has 1 unspecified atom stereocenters. The SMILES string of the molecule is CCCCCCCCCCCCCCCCCC(CCOc1cccc(C(=O)C(F)(F)F)c1)[NH+](C)C. The predicted molar refractivity (Wildman–Crippen MR) is 143 cm³/mol. The van der Waals surface area contributed by atoms with Gasteiger partial charge >= 0.3 is 6.18 Å². The zero-order valence-electron chi connectivity index (χ0n) is 23.1. The molecule has 1 atom stereocenters. The van der Waals surface area contributed by atoms with E-state index in [1.807, 2.05) is 0 Å². The van der Waals surface area contributed by atoms with E-state index in [4.69, 9.17) is 4.74 Å². The molecule has 1 N–H and O–H groups in total. The molecule has 36 heavy (non-hydrogen) atoms. The molecule has 0 saturated carbocycles. The van der Waals surface area contributed by atoms with E-state index in [9.17, 15) is 18.0 Å². The van der Waals surface area contributed by atoms with Crippen molar-refractivity contribution in [2.24, 2.45) is 0 Å². The molecule has 0 saturated heterocycles. The zero-order valence-corrected chi connectivity index (χ0v) is 23.1. The Kier molecular flexibility index (Phi) is 17.6. The molecule has 208 valence electrons. The van der Waals surface area contributed by atoms with E-state index in [0.717, 1.165) is 12.8 Å². The van der Waals surface area contributed by atoms with E-state index in [1.54, 1.807) is 6.07 Å². The lowest BCUT2D eigenvalue weighted by Crippen LogP contribution is -3.10. The number of ketones is 1. The molecule has 1 aromatic carbocycles. The molecule has 0 aliphatic heterocycles. The number of hydrogen-bond acceptors (Lipinski definition) is 2. The van der Waals surface area contributed by atoms with Gasteiger partial charge in [-0.1, -0.05) is 109 Å². The van der Waals surface area contributed by atoms with Gasteiger partial charge in [0.05, 0.1) is 26.7 Å². The highest BCUT2D eigenvalue weighted by atomic mass is 19.4. The summed E-state index contributed by atoms with van der Waals surface area (Å²) in [7, 11) is 4.27. The lowest BCUT2D eigenvalue weighted by molar-refractivity contribution is -0.886. The second-order valence-electron chi connectivity index (χ2n) is 10.5. The zero-order chi connectivity index (χ0) is 26.7. The van der Waals surface area contributed by atoms with Crippen LogP contribution >= 0.6 is 0 Å². The first kappa shape index (κ1) is 32.5. The van der Waals surface area contributed by atoms with E-state index in [1.165, 1.54) is 119 Å². The number of hydrogen-bond donors (Lipinski definition) is 1. The smallest absolute Gasteiger partial charge is 0.454 e. The van der Waals surface area contributed by atoms with E-state index in [-0.39, 0.29) is 5.56 Å². The van der Waals surface area contributed by atoms with Crippen LogP contribution in [0.3, 0.4) is 0 Å². The molecule has 0 aliphatic rings. The molecule has 0 bridgehead atoms. The first-order chi connectivity index (χ1) is 17.3. The van der Waals surface area contributed by atoms with Gasteiger partial charge in [-0.15, -0.1) is 0 Å². The normalized spacial score (nSPS) is 12.8.